The third-order valence-electron chi connectivity index (χ3n) is 4.83. The lowest BCUT2D eigenvalue weighted by molar-refractivity contribution is 0.0585. The van der Waals surface area contributed by atoms with Gasteiger partial charge in [-0.3, -0.25) is 4.79 Å². The van der Waals surface area contributed by atoms with Gasteiger partial charge in [0.25, 0.3) is 5.91 Å². The molecule has 1 fully saturated rings. The number of aliphatic hydroxyl groups excluding tert-OH is 1. The first-order valence-corrected chi connectivity index (χ1v) is 8.86. The molecule has 0 aliphatic heterocycles. The van der Waals surface area contributed by atoms with Crippen LogP contribution in [0.15, 0.2) is 18.6 Å². The molecule has 2 aromatic heterocycles. The SMILES string of the molecule is CC(C)n1cnc2cc(C(=O)N(CCO)C3CCCCC3)cnc21. The van der Waals surface area contributed by atoms with Crippen molar-refractivity contribution in [1.82, 2.24) is 19.4 Å². The zero-order chi connectivity index (χ0) is 17.1. The fourth-order valence-electron chi connectivity index (χ4n) is 3.53. The van der Waals surface area contributed by atoms with E-state index in [2.05, 4.69) is 23.8 Å². The molecule has 2 aromatic rings. The summed E-state index contributed by atoms with van der Waals surface area (Å²) in [5, 5.41) is 9.37. The number of rotatable bonds is 5. The Labute approximate surface area is 142 Å². The van der Waals surface area contributed by atoms with Crippen LogP contribution in [0.1, 0.15) is 62.4 Å². The summed E-state index contributed by atoms with van der Waals surface area (Å²) in [7, 11) is 0. The van der Waals surface area contributed by atoms with E-state index in [9.17, 15) is 9.90 Å². The zero-order valence-electron chi connectivity index (χ0n) is 14.5. The van der Waals surface area contributed by atoms with E-state index >= 15 is 0 Å². The molecule has 0 atom stereocenters. The molecule has 3 rings (SSSR count). The van der Waals surface area contributed by atoms with Gasteiger partial charge in [-0.15, -0.1) is 0 Å². The second-order valence-electron chi connectivity index (χ2n) is 6.83. The number of fused-ring (bicyclic) bond motifs is 1. The maximum absolute atomic E-state index is 13.0. The maximum Gasteiger partial charge on any atom is 0.255 e. The maximum atomic E-state index is 13.0. The number of carbonyl (C=O) groups is 1. The molecule has 1 amide bonds. The highest BCUT2D eigenvalue weighted by Gasteiger charge is 2.26. The van der Waals surface area contributed by atoms with Crippen molar-refractivity contribution in [2.75, 3.05) is 13.2 Å². The predicted octanol–water partition coefficient (Wildman–Crippen LogP) is 2.78. The van der Waals surface area contributed by atoms with Crippen LogP contribution in [0.25, 0.3) is 11.2 Å². The summed E-state index contributed by atoms with van der Waals surface area (Å²) in [6, 6.07) is 2.32. The number of pyridine rings is 1. The molecule has 1 N–H and O–H groups in total. The number of hydrogen-bond acceptors (Lipinski definition) is 4. The predicted molar refractivity (Wildman–Crippen MR) is 92.9 cm³/mol. The Morgan fingerprint density at radius 1 is 1.33 bits per heavy atom. The van der Waals surface area contributed by atoms with Gasteiger partial charge < -0.3 is 14.6 Å². The molecule has 0 spiro atoms. The fourth-order valence-corrected chi connectivity index (χ4v) is 3.53. The summed E-state index contributed by atoms with van der Waals surface area (Å²) in [6.45, 7) is 4.52. The first-order chi connectivity index (χ1) is 11.6. The van der Waals surface area contributed by atoms with Gasteiger partial charge in [0.2, 0.25) is 0 Å². The molecular weight excluding hydrogens is 304 g/mol. The molecular formula is C18H26N4O2. The van der Waals surface area contributed by atoms with E-state index < -0.39 is 0 Å². The number of amides is 1. The van der Waals surface area contributed by atoms with Crippen LogP contribution in [-0.2, 0) is 0 Å². The molecule has 6 heteroatoms. The average Bonchev–Trinajstić information content (AvgIpc) is 3.03. The largest absolute Gasteiger partial charge is 0.395 e. The Morgan fingerprint density at radius 3 is 2.75 bits per heavy atom. The summed E-state index contributed by atoms with van der Waals surface area (Å²) >= 11 is 0. The zero-order valence-corrected chi connectivity index (χ0v) is 14.5. The molecule has 0 saturated heterocycles. The Bertz CT molecular complexity index is 704. The van der Waals surface area contributed by atoms with Crippen LogP contribution < -0.4 is 0 Å². The van der Waals surface area contributed by atoms with Crippen molar-refractivity contribution in [3.8, 4) is 0 Å². The molecule has 2 heterocycles. The minimum atomic E-state index is -0.0514. The summed E-state index contributed by atoms with van der Waals surface area (Å²) in [5.41, 5.74) is 2.09. The quantitative estimate of drug-likeness (QED) is 0.915. The van der Waals surface area contributed by atoms with Crippen molar-refractivity contribution in [2.24, 2.45) is 0 Å². The van der Waals surface area contributed by atoms with Crippen molar-refractivity contribution >= 4 is 17.1 Å². The molecule has 0 radical (unpaired) electrons. The highest BCUT2D eigenvalue weighted by Crippen LogP contribution is 2.24. The van der Waals surface area contributed by atoms with Gasteiger partial charge in [-0.2, -0.15) is 0 Å². The molecule has 0 bridgehead atoms. The Balaban J connectivity index is 1.87. The third-order valence-corrected chi connectivity index (χ3v) is 4.83. The summed E-state index contributed by atoms with van der Waals surface area (Å²) in [4.78, 5) is 23.6. The lowest BCUT2D eigenvalue weighted by atomic mass is 9.93. The molecule has 1 aliphatic carbocycles. The Kier molecular flexibility index (Phi) is 5.14. The average molecular weight is 330 g/mol. The van der Waals surface area contributed by atoms with Gasteiger partial charge in [0.05, 0.1) is 18.5 Å². The van der Waals surface area contributed by atoms with Gasteiger partial charge in [0, 0.05) is 24.8 Å². The molecule has 1 aliphatic rings. The lowest BCUT2D eigenvalue weighted by Crippen LogP contribution is -2.43. The van der Waals surface area contributed by atoms with Gasteiger partial charge in [0.1, 0.15) is 5.52 Å². The first kappa shape index (κ1) is 16.9. The fraction of sp³-hybridized carbons (Fsp3) is 0.611. The second kappa shape index (κ2) is 7.30. The second-order valence-corrected chi connectivity index (χ2v) is 6.83. The smallest absolute Gasteiger partial charge is 0.255 e. The summed E-state index contributed by atoms with van der Waals surface area (Å²) < 4.78 is 2.00. The van der Waals surface area contributed by atoms with Crippen molar-refractivity contribution in [3.05, 3.63) is 24.2 Å². The summed E-state index contributed by atoms with van der Waals surface area (Å²) in [5.74, 6) is -0.0514. The monoisotopic (exact) mass is 330 g/mol. The number of nitrogens with zero attached hydrogens (tertiary/aromatic N) is 4. The lowest BCUT2D eigenvalue weighted by Gasteiger charge is -2.34. The third kappa shape index (κ3) is 3.29. The van der Waals surface area contributed by atoms with E-state index in [4.69, 9.17) is 0 Å². The van der Waals surface area contributed by atoms with Crippen LogP contribution in [0.2, 0.25) is 0 Å². The van der Waals surface area contributed by atoms with Gasteiger partial charge >= 0.3 is 0 Å². The topological polar surface area (TPSA) is 71.2 Å². The van der Waals surface area contributed by atoms with Crippen molar-refractivity contribution in [1.29, 1.82) is 0 Å². The minimum absolute atomic E-state index is 0.0140. The van der Waals surface area contributed by atoms with E-state index in [-0.39, 0.29) is 24.6 Å². The summed E-state index contributed by atoms with van der Waals surface area (Å²) in [6.07, 6.45) is 8.97. The molecule has 0 aromatic carbocycles. The van der Waals surface area contributed by atoms with Crippen LogP contribution >= 0.6 is 0 Å². The first-order valence-electron chi connectivity index (χ1n) is 8.86. The number of aliphatic hydroxyl groups is 1. The van der Waals surface area contributed by atoms with Crippen molar-refractivity contribution in [3.63, 3.8) is 0 Å². The number of imidazole rings is 1. The number of aromatic nitrogens is 3. The van der Waals surface area contributed by atoms with Crippen LogP contribution in [0.3, 0.4) is 0 Å². The van der Waals surface area contributed by atoms with Crippen LogP contribution in [0.5, 0.6) is 0 Å². The molecule has 24 heavy (non-hydrogen) atoms. The highest BCUT2D eigenvalue weighted by molar-refractivity contribution is 5.96. The van der Waals surface area contributed by atoms with E-state index in [1.807, 2.05) is 15.5 Å². The van der Waals surface area contributed by atoms with Gasteiger partial charge in [0.15, 0.2) is 5.65 Å². The Morgan fingerprint density at radius 2 is 2.08 bits per heavy atom. The minimum Gasteiger partial charge on any atom is -0.395 e. The van der Waals surface area contributed by atoms with E-state index in [0.29, 0.717) is 12.1 Å². The normalized spacial score (nSPS) is 16.0. The highest BCUT2D eigenvalue weighted by atomic mass is 16.3. The van der Waals surface area contributed by atoms with Crippen LogP contribution in [0.4, 0.5) is 0 Å². The Hall–Kier alpha value is -1.95. The van der Waals surface area contributed by atoms with Gasteiger partial charge in [-0.1, -0.05) is 19.3 Å². The van der Waals surface area contributed by atoms with Crippen LogP contribution in [-0.4, -0.2) is 49.6 Å². The number of hydrogen-bond donors (Lipinski definition) is 1. The van der Waals surface area contributed by atoms with E-state index in [1.165, 1.54) is 6.42 Å². The standard InChI is InChI=1S/C18H26N4O2/c1-13(2)22-12-20-16-10-14(11-19-17(16)22)18(24)21(8-9-23)15-6-4-3-5-7-15/h10-13,15,23H,3-9H2,1-2H3. The number of carbonyl (C=O) groups excluding carboxylic acids is 1. The molecule has 6 nitrogen and oxygen atoms in total. The van der Waals surface area contributed by atoms with Crippen LogP contribution in [0, 0.1) is 0 Å². The van der Waals surface area contributed by atoms with Crippen molar-refractivity contribution < 1.29 is 9.90 Å². The van der Waals surface area contributed by atoms with Crippen molar-refractivity contribution in [2.45, 2.75) is 58.0 Å². The molecule has 130 valence electrons. The molecule has 0 unspecified atom stereocenters. The van der Waals surface area contributed by atoms with E-state index in [1.54, 1.807) is 12.5 Å². The van der Waals surface area contributed by atoms with E-state index in [0.717, 1.165) is 36.8 Å². The van der Waals surface area contributed by atoms with Gasteiger partial charge in [-0.05, 0) is 32.8 Å². The molecule has 1 saturated carbocycles. The van der Waals surface area contributed by atoms with Gasteiger partial charge in [-0.25, -0.2) is 9.97 Å².